The summed E-state index contributed by atoms with van der Waals surface area (Å²) < 4.78 is 6.31. The lowest BCUT2D eigenvalue weighted by molar-refractivity contribution is 0.669. The maximum Gasteiger partial charge on any atom is 0.136 e. The second-order valence-electron chi connectivity index (χ2n) is 11.2. The molecule has 1 heterocycles. The summed E-state index contributed by atoms with van der Waals surface area (Å²) in [6.07, 6.45) is 0. The average molecular weight is 547 g/mol. The Morgan fingerprint density at radius 1 is 0.326 bits per heavy atom. The lowest BCUT2D eigenvalue weighted by Crippen LogP contribution is -1.92. The zero-order valence-electron chi connectivity index (χ0n) is 23.4. The van der Waals surface area contributed by atoms with Crippen LogP contribution < -0.4 is 0 Å². The van der Waals surface area contributed by atoms with Crippen LogP contribution in [0.25, 0.3) is 87.6 Å². The summed E-state index contributed by atoms with van der Waals surface area (Å²) in [5, 5.41) is 9.81. The van der Waals surface area contributed by atoms with Crippen LogP contribution in [-0.4, -0.2) is 0 Å². The van der Waals surface area contributed by atoms with Crippen LogP contribution in [0.1, 0.15) is 0 Å². The molecular weight excluding hydrogens is 520 g/mol. The van der Waals surface area contributed by atoms with Crippen molar-refractivity contribution in [1.82, 2.24) is 0 Å². The highest BCUT2D eigenvalue weighted by Crippen LogP contribution is 2.46. The molecule has 0 bridgehead atoms. The van der Waals surface area contributed by atoms with Crippen molar-refractivity contribution >= 4 is 54.3 Å². The van der Waals surface area contributed by atoms with Gasteiger partial charge in [-0.2, -0.15) is 0 Å². The third-order valence-electron chi connectivity index (χ3n) is 8.84. The molecule has 0 aliphatic rings. The zero-order chi connectivity index (χ0) is 28.3. The van der Waals surface area contributed by atoms with E-state index in [4.69, 9.17) is 4.42 Å². The summed E-state index contributed by atoms with van der Waals surface area (Å²) in [5.41, 5.74) is 9.23. The third-order valence-corrected chi connectivity index (χ3v) is 8.84. The van der Waals surface area contributed by atoms with Crippen LogP contribution in [0.3, 0.4) is 0 Å². The molecule has 0 unspecified atom stereocenters. The van der Waals surface area contributed by atoms with Gasteiger partial charge in [-0.15, -0.1) is 0 Å². The SMILES string of the molecule is c1ccc(-c2c3ccccc3c(-c3cc(-c4cccc5oc6ccccc6c45)c4ccccc4c3)c3ccccc23)cc1. The topological polar surface area (TPSA) is 13.1 Å². The molecule has 200 valence electrons. The van der Waals surface area contributed by atoms with Crippen LogP contribution in [-0.2, 0) is 0 Å². The van der Waals surface area contributed by atoms with E-state index in [0.29, 0.717) is 0 Å². The van der Waals surface area contributed by atoms with Crippen molar-refractivity contribution in [3.05, 3.63) is 158 Å². The Kier molecular flexibility index (Phi) is 5.27. The molecule has 0 spiro atoms. The molecule has 0 aliphatic carbocycles. The minimum atomic E-state index is 0.913. The predicted molar refractivity (Wildman–Crippen MR) is 183 cm³/mol. The maximum atomic E-state index is 6.31. The summed E-state index contributed by atoms with van der Waals surface area (Å²) in [6, 6.07) is 56.8. The van der Waals surface area contributed by atoms with E-state index >= 15 is 0 Å². The molecule has 8 aromatic carbocycles. The molecular formula is C42H26O. The first kappa shape index (κ1) is 24.0. The number of para-hydroxylation sites is 1. The molecule has 0 fully saturated rings. The van der Waals surface area contributed by atoms with Crippen molar-refractivity contribution in [3.63, 3.8) is 0 Å². The van der Waals surface area contributed by atoms with E-state index in [1.165, 1.54) is 65.7 Å². The number of hydrogen-bond donors (Lipinski definition) is 0. The van der Waals surface area contributed by atoms with E-state index < -0.39 is 0 Å². The van der Waals surface area contributed by atoms with Crippen molar-refractivity contribution in [2.75, 3.05) is 0 Å². The lowest BCUT2D eigenvalue weighted by atomic mass is 9.84. The van der Waals surface area contributed by atoms with Gasteiger partial charge in [-0.3, -0.25) is 0 Å². The average Bonchev–Trinajstić information content (AvgIpc) is 3.46. The molecule has 1 aromatic heterocycles. The maximum absolute atomic E-state index is 6.31. The largest absolute Gasteiger partial charge is 0.456 e. The highest BCUT2D eigenvalue weighted by molar-refractivity contribution is 6.23. The number of fused-ring (bicyclic) bond motifs is 6. The lowest BCUT2D eigenvalue weighted by Gasteiger charge is -2.19. The van der Waals surface area contributed by atoms with Crippen molar-refractivity contribution in [3.8, 4) is 33.4 Å². The summed E-state index contributed by atoms with van der Waals surface area (Å²) >= 11 is 0. The molecule has 43 heavy (non-hydrogen) atoms. The van der Waals surface area contributed by atoms with Gasteiger partial charge in [-0.1, -0.05) is 133 Å². The Balaban J connectivity index is 1.42. The van der Waals surface area contributed by atoms with Gasteiger partial charge in [-0.05, 0) is 90.0 Å². The van der Waals surface area contributed by atoms with E-state index in [0.717, 1.165) is 21.9 Å². The molecule has 0 atom stereocenters. The van der Waals surface area contributed by atoms with Gasteiger partial charge in [0.05, 0.1) is 0 Å². The normalized spacial score (nSPS) is 11.7. The van der Waals surface area contributed by atoms with Gasteiger partial charge in [0.15, 0.2) is 0 Å². The fourth-order valence-electron chi connectivity index (χ4n) is 7.03. The van der Waals surface area contributed by atoms with Crippen LogP contribution in [0.15, 0.2) is 162 Å². The molecule has 0 saturated heterocycles. The third kappa shape index (κ3) is 3.65. The van der Waals surface area contributed by atoms with E-state index in [1.54, 1.807) is 0 Å². The van der Waals surface area contributed by atoms with Gasteiger partial charge in [0.25, 0.3) is 0 Å². The van der Waals surface area contributed by atoms with Gasteiger partial charge in [0, 0.05) is 10.8 Å². The monoisotopic (exact) mass is 546 g/mol. The summed E-state index contributed by atoms with van der Waals surface area (Å²) in [6.45, 7) is 0. The number of hydrogen-bond acceptors (Lipinski definition) is 1. The minimum absolute atomic E-state index is 0.913. The quantitative estimate of drug-likeness (QED) is 0.201. The van der Waals surface area contributed by atoms with Crippen molar-refractivity contribution in [2.45, 2.75) is 0 Å². The highest BCUT2D eigenvalue weighted by Gasteiger charge is 2.19. The molecule has 9 rings (SSSR count). The Morgan fingerprint density at radius 3 is 1.56 bits per heavy atom. The Labute approximate surface area is 249 Å². The predicted octanol–water partition coefficient (Wildman–Crippen LogP) is 12.0. The van der Waals surface area contributed by atoms with Crippen LogP contribution in [0.2, 0.25) is 0 Å². The minimum Gasteiger partial charge on any atom is -0.456 e. The summed E-state index contributed by atoms with van der Waals surface area (Å²) in [4.78, 5) is 0. The van der Waals surface area contributed by atoms with Gasteiger partial charge in [-0.25, -0.2) is 0 Å². The number of furan rings is 1. The van der Waals surface area contributed by atoms with Crippen molar-refractivity contribution in [1.29, 1.82) is 0 Å². The summed E-state index contributed by atoms with van der Waals surface area (Å²) in [7, 11) is 0. The molecule has 0 saturated carbocycles. The first-order valence-corrected chi connectivity index (χ1v) is 14.8. The second-order valence-corrected chi connectivity index (χ2v) is 11.2. The molecule has 0 aliphatic heterocycles. The Morgan fingerprint density at radius 2 is 0.860 bits per heavy atom. The van der Waals surface area contributed by atoms with Gasteiger partial charge >= 0.3 is 0 Å². The van der Waals surface area contributed by atoms with Crippen LogP contribution in [0, 0.1) is 0 Å². The first-order chi connectivity index (χ1) is 21.3. The molecule has 0 amide bonds. The Bertz CT molecular complexity index is 2440. The van der Waals surface area contributed by atoms with E-state index in [2.05, 4.69) is 152 Å². The van der Waals surface area contributed by atoms with Crippen LogP contribution in [0.5, 0.6) is 0 Å². The fraction of sp³-hybridized carbons (Fsp3) is 0. The summed E-state index contributed by atoms with van der Waals surface area (Å²) in [5.74, 6) is 0. The zero-order valence-corrected chi connectivity index (χ0v) is 23.4. The molecule has 0 N–H and O–H groups in total. The van der Waals surface area contributed by atoms with E-state index in [9.17, 15) is 0 Å². The second kappa shape index (κ2) is 9.44. The van der Waals surface area contributed by atoms with Crippen molar-refractivity contribution < 1.29 is 4.42 Å². The van der Waals surface area contributed by atoms with E-state index in [1.807, 2.05) is 6.07 Å². The van der Waals surface area contributed by atoms with Gasteiger partial charge in [0.1, 0.15) is 11.2 Å². The molecule has 1 heteroatoms. The molecule has 9 aromatic rings. The van der Waals surface area contributed by atoms with E-state index in [-0.39, 0.29) is 0 Å². The van der Waals surface area contributed by atoms with Crippen LogP contribution >= 0.6 is 0 Å². The smallest absolute Gasteiger partial charge is 0.136 e. The van der Waals surface area contributed by atoms with Gasteiger partial charge in [0.2, 0.25) is 0 Å². The van der Waals surface area contributed by atoms with Gasteiger partial charge < -0.3 is 4.42 Å². The molecule has 0 radical (unpaired) electrons. The first-order valence-electron chi connectivity index (χ1n) is 14.8. The van der Waals surface area contributed by atoms with Crippen molar-refractivity contribution in [2.24, 2.45) is 0 Å². The number of rotatable bonds is 3. The highest BCUT2D eigenvalue weighted by atomic mass is 16.3. The standard InChI is InChI=1S/C42H26O/c1-2-13-27(14-3-1)40-31-17-6-8-19-33(31)41(34-20-9-7-18-32(34)40)29-25-28-15-4-5-16-30(28)37(26-29)35-22-12-24-39-42(35)36-21-10-11-23-38(36)43-39/h1-26H. The Hall–Kier alpha value is -5.66. The molecule has 1 nitrogen and oxygen atoms in total. The fourth-order valence-corrected chi connectivity index (χ4v) is 7.03. The van der Waals surface area contributed by atoms with Crippen LogP contribution in [0.4, 0.5) is 0 Å². The number of benzene rings is 8.